The van der Waals surface area contributed by atoms with Crippen molar-refractivity contribution < 1.29 is 14.5 Å². The van der Waals surface area contributed by atoms with Crippen LogP contribution in [0.25, 0.3) is 5.82 Å². The van der Waals surface area contributed by atoms with Crippen molar-refractivity contribution in [3.05, 3.63) is 71.0 Å². The number of rotatable bonds is 6. The Hall–Kier alpha value is -4.74. The van der Waals surface area contributed by atoms with E-state index in [4.69, 9.17) is 10.4 Å². The molecule has 0 fully saturated rings. The fraction of sp³-hybridized carbons (Fsp3) is 0.182. The van der Waals surface area contributed by atoms with Gasteiger partial charge in [0.2, 0.25) is 11.6 Å². The number of carbonyl (C=O) groups excluding carboxylic acids is 1. The lowest BCUT2D eigenvalue weighted by Gasteiger charge is -2.19. The van der Waals surface area contributed by atoms with Gasteiger partial charge in [-0.25, -0.2) is 10.1 Å². The maximum Gasteiger partial charge on any atom is 0.293 e. The molecule has 1 amide bonds. The van der Waals surface area contributed by atoms with Crippen LogP contribution in [0.1, 0.15) is 34.2 Å². The number of hydrogen-bond donors (Lipinski definition) is 3. The van der Waals surface area contributed by atoms with Crippen molar-refractivity contribution in [2.24, 2.45) is 5.10 Å². The van der Waals surface area contributed by atoms with E-state index in [1.807, 2.05) is 18.2 Å². The van der Waals surface area contributed by atoms with Crippen molar-refractivity contribution in [3.8, 4) is 11.6 Å². The number of phenols is 1. The van der Waals surface area contributed by atoms with Gasteiger partial charge < -0.3 is 15.7 Å². The molecule has 3 heterocycles. The SMILES string of the molecule is C/C(=N\NC(=O)c1nnn(-c2nonc2N)c1CN1CCc2ccccc21)c1ccccc1O. The second-order valence-corrected chi connectivity index (χ2v) is 7.73. The Labute approximate surface area is 193 Å². The monoisotopic (exact) mass is 459 g/mol. The molecule has 2 aromatic carbocycles. The van der Waals surface area contributed by atoms with Crippen molar-refractivity contribution in [1.82, 2.24) is 30.7 Å². The predicted octanol–water partition coefficient (Wildman–Crippen LogP) is 1.65. The highest BCUT2D eigenvalue weighted by atomic mass is 16.6. The van der Waals surface area contributed by atoms with Gasteiger partial charge in [-0.05, 0) is 47.4 Å². The number of nitrogens with two attached hydrogens (primary N) is 1. The van der Waals surface area contributed by atoms with Gasteiger partial charge >= 0.3 is 0 Å². The van der Waals surface area contributed by atoms with Gasteiger partial charge in [0, 0.05) is 17.8 Å². The molecule has 0 saturated heterocycles. The third-order valence-electron chi connectivity index (χ3n) is 5.62. The normalized spacial score (nSPS) is 13.2. The molecule has 12 nitrogen and oxygen atoms in total. The Morgan fingerprint density at radius 2 is 2.00 bits per heavy atom. The summed E-state index contributed by atoms with van der Waals surface area (Å²) in [5.74, 6) is -0.346. The van der Waals surface area contributed by atoms with Crippen LogP contribution >= 0.6 is 0 Å². The van der Waals surface area contributed by atoms with E-state index in [9.17, 15) is 9.90 Å². The average molecular weight is 459 g/mol. The van der Waals surface area contributed by atoms with Gasteiger partial charge in [-0.3, -0.25) is 4.79 Å². The maximum absolute atomic E-state index is 13.1. The summed E-state index contributed by atoms with van der Waals surface area (Å²) in [6.07, 6.45) is 0.886. The number of aromatic nitrogens is 5. The molecule has 4 aromatic rings. The summed E-state index contributed by atoms with van der Waals surface area (Å²) >= 11 is 0. The molecule has 34 heavy (non-hydrogen) atoms. The Kier molecular flexibility index (Phi) is 5.38. The van der Waals surface area contributed by atoms with Gasteiger partial charge in [0.05, 0.1) is 18.0 Å². The number of para-hydroxylation sites is 2. The van der Waals surface area contributed by atoms with E-state index in [0.29, 0.717) is 23.5 Å². The molecule has 0 bridgehead atoms. The van der Waals surface area contributed by atoms with Gasteiger partial charge in [-0.2, -0.15) is 9.78 Å². The number of aromatic hydroxyl groups is 1. The molecule has 4 N–H and O–H groups in total. The highest BCUT2D eigenvalue weighted by Gasteiger charge is 2.28. The number of nitrogens with one attached hydrogen (secondary N) is 1. The molecular formula is C22H21N9O3. The zero-order valence-electron chi connectivity index (χ0n) is 18.2. The van der Waals surface area contributed by atoms with E-state index in [1.165, 1.54) is 10.2 Å². The van der Waals surface area contributed by atoms with Crippen molar-refractivity contribution in [2.45, 2.75) is 19.9 Å². The maximum atomic E-state index is 13.1. The van der Waals surface area contributed by atoms with E-state index < -0.39 is 5.91 Å². The third-order valence-corrected chi connectivity index (χ3v) is 5.62. The van der Waals surface area contributed by atoms with Gasteiger partial charge in [-0.1, -0.05) is 35.5 Å². The molecule has 0 aliphatic carbocycles. The van der Waals surface area contributed by atoms with Crippen molar-refractivity contribution in [1.29, 1.82) is 0 Å². The molecule has 12 heteroatoms. The molecule has 172 valence electrons. The minimum absolute atomic E-state index is 0.0216. The minimum atomic E-state index is -0.571. The first-order valence-corrected chi connectivity index (χ1v) is 10.5. The minimum Gasteiger partial charge on any atom is -0.507 e. The molecule has 1 aliphatic rings. The van der Waals surface area contributed by atoms with E-state index in [0.717, 1.165) is 18.7 Å². The average Bonchev–Trinajstić information content (AvgIpc) is 3.56. The standard InChI is InChI=1S/C22H21N9O3/c1-13(15-7-3-5-9-18(15)32)24-26-22(33)19-17(31(29-25-19)21-20(23)27-34-28-21)12-30-11-10-14-6-2-4-8-16(14)30/h2-9,32H,10-12H2,1H3,(H2,23,27)(H,26,33)/b24-13+. The molecule has 2 aromatic heterocycles. The number of phenolic OH excluding ortho intramolecular Hbond substituents is 1. The number of nitrogen functional groups attached to an aromatic ring is 1. The van der Waals surface area contributed by atoms with Crippen LogP contribution in [-0.2, 0) is 13.0 Å². The summed E-state index contributed by atoms with van der Waals surface area (Å²) in [7, 11) is 0. The number of benzene rings is 2. The van der Waals surface area contributed by atoms with E-state index in [2.05, 4.69) is 42.1 Å². The number of hydrazone groups is 1. The van der Waals surface area contributed by atoms with Crippen LogP contribution in [0.5, 0.6) is 5.75 Å². The first-order valence-electron chi connectivity index (χ1n) is 10.5. The quantitative estimate of drug-likeness (QED) is 0.288. The van der Waals surface area contributed by atoms with Crippen LogP contribution in [-0.4, -0.2) is 48.6 Å². The van der Waals surface area contributed by atoms with Crippen LogP contribution < -0.4 is 16.1 Å². The molecule has 0 atom stereocenters. The van der Waals surface area contributed by atoms with Gasteiger partial charge in [0.1, 0.15) is 5.75 Å². The molecular weight excluding hydrogens is 438 g/mol. The molecule has 0 unspecified atom stereocenters. The summed E-state index contributed by atoms with van der Waals surface area (Å²) < 4.78 is 6.07. The zero-order valence-corrected chi connectivity index (χ0v) is 18.2. The highest BCUT2D eigenvalue weighted by molar-refractivity contribution is 6.02. The summed E-state index contributed by atoms with van der Waals surface area (Å²) in [5.41, 5.74) is 12.1. The Balaban J connectivity index is 1.47. The first-order chi connectivity index (χ1) is 16.5. The lowest BCUT2D eigenvalue weighted by Crippen LogP contribution is -2.26. The highest BCUT2D eigenvalue weighted by Crippen LogP contribution is 2.30. The number of anilines is 2. The lowest BCUT2D eigenvalue weighted by molar-refractivity contribution is 0.0948. The van der Waals surface area contributed by atoms with Gasteiger partial charge in [0.25, 0.3) is 5.91 Å². The van der Waals surface area contributed by atoms with Gasteiger partial charge in [-0.15, -0.1) is 5.10 Å². The smallest absolute Gasteiger partial charge is 0.293 e. The second-order valence-electron chi connectivity index (χ2n) is 7.73. The Morgan fingerprint density at radius 3 is 2.79 bits per heavy atom. The van der Waals surface area contributed by atoms with Crippen molar-refractivity contribution >= 4 is 23.1 Å². The Morgan fingerprint density at radius 1 is 1.21 bits per heavy atom. The summed E-state index contributed by atoms with van der Waals surface area (Å²) in [6.45, 7) is 2.76. The summed E-state index contributed by atoms with van der Waals surface area (Å²) in [6, 6.07) is 14.8. The van der Waals surface area contributed by atoms with Crippen LogP contribution in [0.4, 0.5) is 11.5 Å². The lowest BCUT2D eigenvalue weighted by atomic mass is 10.1. The molecule has 0 spiro atoms. The number of nitrogens with zero attached hydrogens (tertiary/aromatic N) is 7. The largest absolute Gasteiger partial charge is 0.507 e. The third kappa shape index (κ3) is 3.81. The second kappa shape index (κ2) is 8.65. The van der Waals surface area contributed by atoms with Crippen LogP contribution in [0.3, 0.4) is 0 Å². The summed E-state index contributed by atoms with van der Waals surface area (Å²) in [5, 5.41) is 29.7. The van der Waals surface area contributed by atoms with E-state index in [1.54, 1.807) is 31.2 Å². The predicted molar refractivity (Wildman–Crippen MR) is 123 cm³/mol. The van der Waals surface area contributed by atoms with Gasteiger partial charge in [0.15, 0.2) is 5.69 Å². The number of hydrogen-bond acceptors (Lipinski definition) is 10. The number of fused-ring (bicyclic) bond motifs is 1. The first kappa shape index (κ1) is 21.1. The van der Waals surface area contributed by atoms with Crippen LogP contribution in [0, 0.1) is 0 Å². The van der Waals surface area contributed by atoms with E-state index >= 15 is 0 Å². The fourth-order valence-electron chi connectivity index (χ4n) is 3.91. The van der Waals surface area contributed by atoms with E-state index in [-0.39, 0.29) is 23.1 Å². The van der Waals surface area contributed by atoms with Crippen LogP contribution in [0.2, 0.25) is 0 Å². The number of carbonyl (C=O) groups is 1. The fourth-order valence-corrected chi connectivity index (χ4v) is 3.91. The molecule has 5 rings (SSSR count). The Bertz CT molecular complexity index is 1390. The van der Waals surface area contributed by atoms with Crippen molar-refractivity contribution in [2.75, 3.05) is 17.2 Å². The van der Waals surface area contributed by atoms with Crippen molar-refractivity contribution in [3.63, 3.8) is 0 Å². The molecule has 0 radical (unpaired) electrons. The topological polar surface area (TPSA) is 161 Å². The molecule has 1 aliphatic heterocycles. The zero-order chi connectivity index (χ0) is 23.7. The molecule has 0 saturated carbocycles. The number of amides is 1. The van der Waals surface area contributed by atoms with Crippen LogP contribution in [0.15, 0.2) is 58.3 Å². The summed E-state index contributed by atoms with van der Waals surface area (Å²) in [4.78, 5) is 15.2.